The number of Topliss-reactive ketones (excluding diaryl/α,β-unsaturated/α-hetero) is 1. The number of esters is 2. The van der Waals surface area contributed by atoms with Crippen LogP contribution in [0.15, 0.2) is 0 Å². The molecule has 3 amide bonds. The summed E-state index contributed by atoms with van der Waals surface area (Å²) in [5.41, 5.74) is -0.743. The standard InChI is InChI=1S/C42H77N3O10Si/c1-17-19-23-52-39(50)31-21-20-22-45(31)38(49)30(24-26(3)4)43-37(48)29(8)35(47)36(27(5)6)53-33(46)25-32(55-56(15,16)42(12,13)14)34(28(7)18-2)44-40(51)54-41(9,10)11/h26-32,34,36H,17-25H2,1-16H3,(H,43,48)(H,44,51)/t28-,29?,30-,31-,32-,34+,36-/m0/s1. The number of ketones is 1. The smallest absolute Gasteiger partial charge is 0.407 e. The molecule has 14 heteroatoms. The van der Waals surface area contributed by atoms with E-state index in [0.717, 1.165) is 12.8 Å². The fourth-order valence-electron chi connectivity index (χ4n) is 6.23. The summed E-state index contributed by atoms with van der Waals surface area (Å²) in [7, 11) is -2.51. The lowest BCUT2D eigenvalue weighted by Crippen LogP contribution is -2.55. The molecule has 0 radical (unpaired) electrons. The molecule has 0 bridgehead atoms. The number of hydrogen-bond donors (Lipinski definition) is 2. The SMILES string of the molecule is CCCCOC(=O)[C@@H]1CCCN1C(=O)[C@H](CC(C)C)NC(=O)C(C)C(=O)[C@@H](OC(=O)C[C@H](O[Si](C)(C)C(C)(C)C)[C@H](NC(=O)OC(C)(C)C)[C@@H](C)CC)C(C)C. The van der Waals surface area contributed by atoms with E-state index < -0.39 is 91.7 Å². The molecule has 324 valence electrons. The Balaban J connectivity index is 3.32. The normalized spacial score (nSPS) is 18.4. The van der Waals surface area contributed by atoms with Crippen molar-refractivity contribution in [3.05, 3.63) is 0 Å². The Bertz CT molecular complexity index is 1320. The molecule has 56 heavy (non-hydrogen) atoms. The van der Waals surface area contributed by atoms with Crippen molar-refractivity contribution in [3.8, 4) is 0 Å². The van der Waals surface area contributed by atoms with Crippen molar-refractivity contribution in [2.75, 3.05) is 13.2 Å². The number of carbonyl (C=O) groups is 6. The van der Waals surface area contributed by atoms with Crippen LogP contribution in [0, 0.1) is 23.7 Å². The minimum Gasteiger partial charge on any atom is -0.464 e. The highest BCUT2D eigenvalue weighted by Crippen LogP contribution is 2.39. The maximum atomic E-state index is 14.0. The number of amides is 3. The van der Waals surface area contributed by atoms with E-state index in [0.29, 0.717) is 32.2 Å². The van der Waals surface area contributed by atoms with Crippen LogP contribution < -0.4 is 10.6 Å². The first-order valence-corrected chi connectivity index (χ1v) is 23.8. The van der Waals surface area contributed by atoms with Gasteiger partial charge in [0.15, 0.2) is 20.2 Å². The number of alkyl carbamates (subject to hydrolysis) is 1. The van der Waals surface area contributed by atoms with Gasteiger partial charge in [0.05, 0.1) is 31.1 Å². The molecule has 1 heterocycles. The second-order valence-corrected chi connectivity index (χ2v) is 23.6. The topological polar surface area (TPSA) is 167 Å². The number of likely N-dealkylation sites (tertiary alicyclic amines) is 1. The highest BCUT2D eigenvalue weighted by Gasteiger charge is 2.44. The molecule has 0 aliphatic carbocycles. The third-order valence-corrected chi connectivity index (χ3v) is 15.3. The number of carbonyl (C=O) groups excluding carboxylic acids is 6. The zero-order valence-corrected chi connectivity index (χ0v) is 38.6. The van der Waals surface area contributed by atoms with E-state index in [1.807, 2.05) is 34.6 Å². The van der Waals surface area contributed by atoms with Gasteiger partial charge in [0.25, 0.3) is 0 Å². The summed E-state index contributed by atoms with van der Waals surface area (Å²) in [6, 6.07) is -2.30. The number of ether oxygens (including phenoxy) is 3. The van der Waals surface area contributed by atoms with E-state index in [-0.39, 0.29) is 29.9 Å². The van der Waals surface area contributed by atoms with Gasteiger partial charge in [0, 0.05) is 6.54 Å². The average molecular weight is 812 g/mol. The zero-order chi connectivity index (χ0) is 43.3. The van der Waals surface area contributed by atoms with E-state index in [4.69, 9.17) is 18.6 Å². The van der Waals surface area contributed by atoms with Crippen LogP contribution in [-0.4, -0.2) is 97.9 Å². The fraction of sp³-hybridized carbons (Fsp3) is 0.857. The molecule has 1 fully saturated rings. The number of hydrogen-bond acceptors (Lipinski definition) is 10. The van der Waals surface area contributed by atoms with E-state index in [1.54, 1.807) is 34.6 Å². The summed E-state index contributed by atoms with van der Waals surface area (Å²) in [6.07, 6.45) is 0.741. The molecule has 0 aromatic heterocycles. The lowest BCUT2D eigenvalue weighted by molar-refractivity contribution is -0.162. The van der Waals surface area contributed by atoms with Crippen molar-refractivity contribution in [1.82, 2.24) is 15.5 Å². The van der Waals surface area contributed by atoms with E-state index in [2.05, 4.69) is 44.5 Å². The van der Waals surface area contributed by atoms with E-state index in [1.165, 1.54) is 11.8 Å². The summed E-state index contributed by atoms with van der Waals surface area (Å²) in [6.45, 7) is 31.0. The van der Waals surface area contributed by atoms with Gasteiger partial charge in [0.2, 0.25) is 11.8 Å². The first-order valence-electron chi connectivity index (χ1n) is 20.8. The predicted octanol–water partition coefficient (Wildman–Crippen LogP) is 7.34. The van der Waals surface area contributed by atoms with Gasteiger partial charge in [-0.2, -0.15) is 0 Å². The Morgan fingerprint density at radius 2 is 1.50 bits per heavy atom. The quantitative estimate of drug-likeness (QED) is 0.0394. The third-order valence-electron chi connectivity index (χ3n) is 10.8. The maximum absolute atomic E-state index is 14.0. The molecular formula is C42H77N3O10Si. The fourth-order valence-corrected chi connectivity index (χ4v) is 7.57. The van der Waals surface area contributed by atoms with Crippen LogP contribution in [-0.2, 0) is 42.6 Å². The van der Waals surface area contributed by atoms with Crippen LogP contribution in [0.2, 0.25) is 18.1 Å². The van der Waals surface area contributed by atoms with E-state index in [9.17, 15) is 28.8 Å². The molecule has 1 unspecified atom stereocenters. The third kappa shape index (κ3) is 16.1. The van der Waals surface area contributed by atoms with Gasteiger partial charge in [-0.15, -0.1) is 0 Å². The Hall–Kier alpha value is -3.00. The molecular weight excluding hydrogens is 735 g/mol. The van der Waals surface area contributed by atoms with Crippen LogP contribution in [0.4, 0.5) is 4.79 Å². The molecule has 0 spiro atoms. The maximum Gasteiger partial charge on any atom is 0.407 e. The second kappa shape index (κ2) is 22.2. The Morgan fingerprint density at radius 1 is 0.893 bits per heavy atom. The second-order valence-electron chi connectivity index (χ2n) is 18.9. The highest BCUT2D eigenvalue weighted by atomic mass is 28.4. The number of nitrogens with one attached hydrogen (secondary N) is 2. The van der Waals surface area contributed by atoms with Gasteiger partial charge >= 0.3 is 18.0 Å². The Kier molecular flexibility index (Phi) is 20.3. The van der Waals surface area contributed by atoms with Crippen LogP contribution >= 0.6 is 0 Å². The number of nitrogens with zero attached hydrogens (tertiary/aromatic N) is 1. The molecule has 1 aliphatic heterocycles. The Morgan fingerprint density at radius 3 is 2.00 bits per heavy atom. The zero-order valence-electron chi connectivity index (χ0n) is 37.6. The van der Waals surface area contributed by atoms with Crippen molar-refractivity contribution in [3.63, 3.8) is 0 Å². The molecule has 0 saturated carbocycles. The molecule has 1 aliphatic rings. The molecule has 1 rings (SSSR count). The summed E-state index contributed by atoms with van der Waals surface area (Å²) >= 11 is 0. The van der Waals surface area contributed by atoms with Crippen molar-refractivity contribution in [2.45, 2.75) is 196 Å². The van der Waals surface area contributed by atoms with Crippen molar-refractivity contribution in [1.29, 1.82) is 0 Å². The van der Waals surface area contributed by atoms with Crippen LogP contribution in [0.5, 0.6) is 0 Å². The van der Waals surface area contributed by atoms with Gasteiger partial charge in [-0.05, 0) is 89.3 Å². The van der Waals surface area contributed by atoms with E-state index >= 15 is 0 Å². The summed E-state index contributed by atoms with van der Waals surface area (Å²) in [5.74, 6) is -4.65. The summed E-state index contributed by atoms with van der Waals surface area (Å²) < 4.78 is 23.7. The first-order chi connectivity index (χ1) is 25.7. The molecule has 0 aromatic carbocycles. The highest BCUT2D eigenvalue weighted by molar-refractivity contribution is 6.74. The summed E-state index contributed by atoms with van der Waals surface area (Å²) in [5, 5.41) is 5.54. The van der Waals surface area contributed by atoms with Gasteiger partial charge in [-0.3, -0.25) is 19.2 Å². The van der Waals surface area contributed by atoms with Crippen molar-refractivity contribution < 1.29 is 47.4 Å². The monoisotopic (exact) mass is 812 g/mol. The lowest BCUT2D eigenvalue weighted by Gasteiger charge is -2.42. The minimum atomic E-state index is -2.51. The van der Waals surface area contributed by atoms with Crippen molar-refractivity contribution >= 4 is 43.9 Å². The van der Waals surface area contributed by atoms with Gasteiger partial charge in [-0.1, -0.05) is 82.1 Å². The first kappa shape index (κ1) is 51.0. The van der Waals surface area contributed by atoms with Gasteiger partial charge in [-0.25, -0.2) is 9.59 Å². The van der Waals surface area contributed by atoms with Crippen molar-refractivity contribution in [2.24, 2.45) is 23.7 Å². The molecule has 0 aromatic rings. The largest absolute Gasteiger partial charge is 0.464 e. The average Bonchev–Trinajstić information content (AvgIpc) is 3.56. The van der Waals surface area contributed by atoms with Crippen LogP contribution in [0.25, 0.3) is 0 Å². The van der Waals surface area contributed by atoms with Gasteiger partial charge in [0.1, 0.15) is 17.7 Å². The minimum absolute atomic E-state index is 0.0164. The lowest BCUT2D eigenvalue weighted by atomic mass is 9.92. The molecule has 13 nitrogen and oxygen atoms in total. The number of rotatable bonds is 21. The Labute approximate surface area is 338 Å². The van der Waals surface area contributed by atoms with Crippen LogP contribution in [0.1, 0.15) is 142 Å². The van der Waals surface area contributed by atoms with Crippen LogP contribution in [0.3, 0.4) is 0 Å². The molecule has 7 atom stereocenters. The summed E-state index contributed by atoms with van der Waals surface area (Å²) in [4.78, 5) is 82.9. The predicted molar refractivity (Wildman–Crippen MR) is 220 cm³/mol. The molecule has 1 saturated heterocycles. The van der Waals surface area contributed by atoms with Gasteiger partial charge < -0.3 is 34.2 Å². The molecule has 2 N–H and O–H groups in total. The number of unbranched alkanes of at least 4 members (excludes halogenated alkanes) is 1.